The fourth-order valence-corrected chi connectivity index (χ4v) is 1.38. The molecule has 0 radical (unpaired) electrons. The van der Waals surface area contributed by atoms with E-state index in [1.165, 1.54) is 16.4 Å². The Balaban J connectivity index is 2.31. The molecular formula is C10H10FN3O2S. The van der Waals surface area contributed by atoms with Gasteiger partial charge in [0.25, 0.3) is 0 Å². The van der Waals surface area contributed by atoms with E-state index in [0.717, 1.165) is 0 Å². The average molecular weight is 255 g/mol. The van der Waals surface area contributed by atoms with E-state index in [2.05, 4.69) is 23.3 Å². The van der Waals surface area contributed by atoms with Crippen molar-refractivity contribution < 1.29 is 13.7 Å². The number of rotatable bonds is 2. The molecule has 0 fully saturated rings. The van der Waals surface area contributed by atoms with Crippen molar-refractivity contribution in [1.29, 1.82) is 0 Å². The summed E-state index contributed by atoms with van der Waals surface area (Å²) in [6.45, 7) is 2.20. The second-order valence-corrected chi connectivity index (χ2v) is 3.78. The fraction of sp³-hybridized carbons (Fsp3) is 0.200. The lowest BCUT2D eigenvalue weighted by Crippen LogP contribution is -2.26. The molecule has 5 nitrogen and oxygen atoms in total. The van der Waals surface area contributed by atoms with Gasteiger partial charge in [-0.05, 0) is 19.1 Å². The van der Waals surface area contributed by atoms with E-state index in [0.29, 0.717) is 11.9 Å². The average Bonchev–Trinajstić information content (AvgIpc) is 2.73. The number of para-hydroxylation sites is 1. The highest BCUT2D eigenvalue weighted by molar-refractivity contribution is 7.78. The lowest BCUT2D eigenvalue weighted by molar-refractivity contribution is 0.240. The number of carbonyl (C=O) groups is 1. The number of fused-ring (bicyclic) bond motifs is 1. The molecule has 0 spiro atoms. The van der Waals surface area contributed by atoms with Gasteiger partial charge in [-0.3, -0.25) is 9.62 Å². The van der Waals surface area contributed by atoms with Crippen molar-refractivity contribution in [2.24, 2.45) is 0 Å². The molecule has 17 heavy (non-hydrogen) atoms. The number of nitrogens with one attached hydrogen (secondary N) is 1. The molecule has 2 aromatic rings. The molecule has 7 heteroatoms. The largest absolute Gasteiger partial charge is 0.351 e. The molecule has 0 saturated carbocycles. The third kappa shape index (κ3) is 2.19. The first kappa shape index (κ1) is 11.7. The summed E-state index contributed by atoms with van der Waals surface area (Å²) in [5, 5.41) is 6.50. The second kappa shape index (κ2) is 4.62. The Kier molecular flexibility index (Phi) is 3.19. The fourth-order valence-electron chi connectivity index (χ4n) is 1.33. The van der Waals surface area contributed by atoms with Gasteiger partial charge in [-0.2, -0.15) is 0 Å². The molecule has 0 aliphatic carbocycles. The number of carbonyl (C=O) groups excluding carboxylic acids is 1. The van der Waals surface area contributed by atoms with Gasteiger partial charge >= 0.3 is 6.03 Å². The van der Waals surface area contributed by atoms with Gasteiger partial charge in [-0.15, -0.1) is 0 Å². The van der Waals surface area contributed by atoms with Crippen molar-refractivity contribution in [3.8, 4) is 0 Å². The summed E-state index contributed by atoms with van der Waals surface area (Å²) in [7, 11) is 0. The molecule has 1 aromatic carbocycles. The van der Waals surface area contributed by atoms with Crippen LogP contribution in [-0.4, -0.2) is 22.0 Å². The third-order valence-corrected chi connectivity index (χ3v) is 2.67. The minimum Gasteiger partial charge on any atom is -0.351 e. The first-order valence-electron chi connectivity index (χ1n) is 4.94. The van der Waals surface area contributed by atoms with Crippen LogP contribution in [0.4, 0.5) is 15.0 Å². The number of aromatic nitrogens is 1. The summed E-state index contributed by atoms with van der Waals surface area (Å²) < 4.78 is 19.3. The third-order valence-electron chi connectivity index (χ3n) is 2.21. The Morgan fingerprint density at radius 3 is 3.12 bits per heavy atom. The maximum absolute atomic E-state index is 13.3. The van der Waals surface area contributed by atoms with Crippen LogP contribution in [-0.2, 0) is 0 Å². The molecule has 2 rings (SSSR count). The Labute approximate surface area is 102 Å². The Morgan fingerprint density at radius 2 is 2.41 bits per heavy atom. The molecule has 90 valence electrons. The standard InChI is InChI=1S/C10H10FN3O2S/c1-2-14(17)10(15)12-9-6-4-3-5-7(11)8(6)16-13-9/h3-5,17H,2H2,1H3,(H,12,13,15). The molecule has 0 bridgehead atoms. The van der Waals surface area contributed by atoms with Crippen LogP contribution in [0, 0.1) is 5.82 Å². The van der Waals surface area contributed by atoms with Crippen LogP contribution in [0.1, 0.15) is 6.92 Å². The Hall–Kier alpha value is -1.76. The lowest BCUT2D eigenvalue weighted by Gasteiger charge is -2.12. The zero-order chi connectivity index (χ0) is 12.4. The molecule has 1 aromatic heterocycles. The van der Waals surface area contributed by atoms with Crippen LogP contribution in [0.3, 0.4) is 0 Å². The molecule has 1 N–H and O–H groups in total. The van der Waals surface area contributed by atoms with E-state index in [-0.39, 0.29) is 11.4 Å². The van der Waals surface area contributed by atoms with E-state index >= 15 is 0 Å². The van der Waals surface area contributed by atoms with Crippen LogP contribution < -0.4 is 5.32 Å². The van der Waals surface area contributed by atoms with E-state index < -0.39 is 11.8 Å². The summed E-state index contributed by atoms with van der Waals surface area (Å²) in [4.78, 5) is 11.5. The quantitative estimate of drug-likeness (QED) is 0.811. The molecule has 0 aliphatic rings. The van der Waals surface area contributed by atoms with Crippen LogP contribution >= 0.6 is 12.8 Å². The second-order valence-electron chi connectivity index (χ2n) is 3.29. The number of nitrogens with zero attached hydrogens (tertiary/aromatic N) is 2. The van der Waals surface area contributed by atoms with Gasteiger partial charge in [0.1, 0.15) is 0 Å². The number of hydrogen-bond donors (Lipinski definition) is 2. The van der Waals surface area contributed by atoms with Crippen molar-refractivity contribution in [3.05, 3.63) is 24.0 Å². The number of thiol groups is 1. The Morgan fingerprint density at radius 1 is 1.65 bits per heavy atom. The van der Waals surface area contributed by atoms with E-state index in [1.807, 2.05) is 0 Å². The SMILES string of the molecule is CCN(S)C(=O)Nc1noc2c(F)cccc12. The minimum absolute atomic E-state index is 0.0185. The van der Waals surface area contributed by atoms with Crippen molar-refractivity contribution in [2.45, 2.75) is 6.92 Å². The number of anilines is 1. The van der Waals surface area contributed by atoms with E-state index in [4.69, 9.17) is 4.52 Å². The summed E-state index contributed by atoms with van der Waals surface area (Å²) in [5.74, 6) is -0.342. The molecule has 0 atom stereocenters. The minimum atomic E-state index is -0.520. The number of urea groups is 1. The normalized spacial score (nSPS) is 10.5. The molecule has 0 unspecified atom stereocenters. The molecular weight excluding hydrogens is 245 g/mol. The van der Waals surface area contributed by atoms with Crippen molar-refractivity contribution >= 4 is 35.6 Å². The van der Waals surface area contributed by atoms with Gasteiger partial charge in [0.2, 0.25) is 5.58 Å². The smallest absolute Gasteiger partial charge is 0.332 e. The monoisotopic (exact) mass is 255 g/mol. The molecule has 0 saturated heterocycles. The van der Waals surface area contributed by atoms with Gasteiger partial charge in [-0.25, -0.2) is 9.18 Å². The van der Waals surface area contributed by atoms with Gasteiger partial charge < -0.3 is 4.52 Å². The summed E-state index contributed by atoms with van der Waals surface area (Å²) in [6, 6.07) is 3.94. The van der Waals surface area contributed by atoms with Gasteiger partial charge in [0, 0.05) is 6.54 Å². The molecule has 2 amide bonds. The predicted molar refractivity (Wildman–Crippen MR) is 64.4 cm³/mol. The number of amides is 2. The van der Waals surface area contributed by atoms with Crippen molar-refractivity contribution in [3.63, 3.8) is 0 Å². The van der Waals surface area contributed by atoms with Crippen LogP contribution in [0.5, 0.6) is 0 Å². The lowest BCUT2D eigenvalue weighted by atomic mass is 10.2. The summed E-state index contributed by atoms with van der Waals surface area (Å²) in [5.41, 5.74) is 0.0185. The van der Waals surface area contributed by atoms with Gasteiger partial charge in [0.15, 0.2) is 11.6 Å². The Bertz CT molecular complexity index is 557. The number of hydrogen-bond acceptors (Lipinski definition) is 4. The van der Waals surface area contributed by atoms with Crippen LogP contribution in [0.15, 0.2) is 22.7 Å². The highest BCUT2D eigenvalue weighted by Gasteiger charge is 2.15. The zero-order valence-electron chi connectivity index (χ0n) is 8.98. The maximum Gasteiger partial charge on any atom is 0.332 e. The topological polar surface area (TPSA) is 58.4 Å². The number of halogens is 1. The first-order chi connectivity index (χ1) is 8.13. The highest BCUT2D eigenvalue weighted by Crippen LogP contribution is 2.24. The van der Waals surface area contributed by atoms with E-state index in [1.54, 1.807) is 13.0 Å². The zero-order valence-corrected chi connectivity index (χ0v) is 9.87. The predicted octanol–water partition coefficient (Wildman–Crippen LogP) is 2.67. The summed E-state index contributed by atoms with van der Waals surface area (Å²) in [6.07, 6.45) is 0. The number of benzene rings is 1. The van der Waals surface area contributed by atoms with Crippen molar-refractivity contribution in [2.75, 3.05) is 11.9 Å². The van der Waals surface area contributed by atoms with Crippen LogP contribution in [0.2, 0.25) is 0 Å². The van der Waals surface area contributed by atoms with E-state index in [9.17, 15) is 9.18 Å². The van der Waals surface area contributed by atoms with Crippen LogP contribution in [0.25, 0.3) is 11.0 Å². The summed E-state index contributed by atoms with van der Waals surface area (Å²) >= 11 is 3.94. The maximum atomic E-state index is 13.3. The van der Waals surface area contributed by atoms with Gasteiger partial charge in [-0.1, -0.05) is 24.0 Å². The molecule has 0 aliphatic heterocycles. The highest BCUT2D eigenvalue weighted by atomic mass is 32.1. The molecule has 1 heterocycles. The van der Waals surface area contributed by atoms with Gasteiger partial charge in [0.05, 0.1) is 5.39 Å². The first-order valence-corrected chi connectivity index (χ1v) is 5.34. The van der Waals surface area contributed by atoms with Crippen molar-refractivity contribution in [1.82, 2.24) is 9.46 Å².